The summed E-state index contributed by atoms with van der Waals surface area (Å²) in [6.07, 6.45) is 0. The smallest absolute Gasteiger partial charge is 0.199 e. The summed E-state index contributed by atoms with van der Waals surface area (Å²) in [7, 11) is 0. The van der Waals surface area contributed by atoms with Crippen LogP contribution in [0.2, 0.25) is 0 Å². The minimum atomic E-state index is -1.94. The van der Waals surface area contributed by atoms with Crippen molar-refractivity contribution in [3.05, 3.63) is 41.5 Å². The Morgan fingerprint density at radius 3 is 2.24 bits per heavy atom. The highest BCUT2D eigenvalue weighted by Crippen LogP contribution is 2.39. The third-order valence-corrected chi connectivity index (χ3v) is 3.91. The average molecular weight is 315 g/mol. The van der Waals surface area contributed by atoms with Gasteiger partial charge in [-0.05, 0) is 12.1 Å². The topological polar surface area (TPSA) is 53.4 Å². The van der Waals surface area contributed by atoms with Crippen molar-refractivity contribution in [3.63, 3.8) is 0 Å². The van der Waals surface area contributed by atoms with E-state index in [1.807, 2.05) is 0 Å². The van der Waals surface area contributed by atoms with Crippen LogP contribution in [0.25, 0.3) is 20.8 Å². The molecule has 1 heterocycles. The number of hydrogen-bond acceptors (Lipinski definition) is 4. The van der Waals surface area contributed by atoms with Crippen LogP contribution in [0.1, 0.15) is 0 Å². The lowest BCUT2D eigenvalue weighted by Gasteiger charge is -2.00. The third-order valence-electron chi connectivity index (χ3n) is 2.82. The van der Waals surface area contributed by atoms with Gasteiger partial charge in [-0.2, -0.15) is 0 Å². The summed E-state index contributed by atoms with van der Waals surface area (Å²) in [6.45, 7) is 0. The molecule has 0 saturated carbocycles. The molecular weight excluding hydrogens is 310 g/mol. The third kappa shape index (κ3) is 1.99. The maximum atomic E-state index is 13.6. The Morgan fingerprint density at radius 2 is 1.57 bits per heavy atom. The summed E-state index contributed by atoms with van der Waals surface area (Å²) in [5.74, 6) is -7.57. The minimum Gasteiger partial charge on any atom is -0.508 e. The number of fused-ring (bicyclic) bond motifs is 1. The van der Waals surface area contributed by atoms with Crippen LogP contribution >= 0.6 is 11.3 Å². The Bertz CT molecular complexity index is 833. The highest BCUT2D eigenvalue weighted by atomic mass is 32.1. The SMILES string of the molecule is Oc1ccc(-c2nc3c(F)c(F)c(F)c(F)c3s2)c(O)c1. The van der Waals surface area contributed by atoms with E-state index in [-0.39, 0.29) is 22.1 Å². The standard InChI is InChI=1S/C13H5F4NO2S/c14-7-8(15)10(17)12-11(9(7)16)18-13(21-12)5-2-1-4(19)3-6(5)20/h1-3,19-20H. The summed E-state index contributed by atoms with van der Waals surface area (Å²) in [4.78, 5) is 3.69. The molecule has 0 amide bonds. The predicted octanol–water partition coefficient (Wildman–Crippen LogP) is 3.93. The van der Waals surface area contributed by atoms with Gasteiger partial charge in [0.25, 0.3) is 0 Å². The van der Waals surface area contributed by atoms with Gasteiger partial charge in [0.05, 0.1) is 10.3 Å². The zero-order valence-electron chi connectivity index (χ0n) is 9.99. The molecule has 21 heavy (non-hydrogen) atoms. The first kappa shape index (κ1) is 13.6. The van der Waals surface area contributed by atoms with Gasteiger partial charge in [-0.25, -0.2) is 22.5 Å². The van der Waals surface area contributed by atoms with Crippen molar-refractivity contribution in [3.8, 4) is 22.1 Å². The first-order chi connectivity index (χ1) is 9.90. The fourth-order valence-corrected chi connectivity index (χ4v) is 2.85. The van der Waals surface area contributed by atoms with E-state index >= 15 is 0 Å². The average Bonchev–Trinajstić information content (AvgIpc) is 2.88. The van der Waals surface area contributed by atoms with Gasteiger partial charge in [-0.15, -0.1) is 11.3 Å². The molecule has 3 rings (SSSR count). The zero-order valence-corrected chi connectivity index (χ0v) is 10.8. The summed E-state index contributed by atoms with van der Waals surface area (Å²) in [5, 5.41) is 18.8. The highest BCUT2D eigenvalue weighted by Gasteiger charge is 2.24. The van der Waals surface area contributed by atoms with Gasteiger partial charge in [0.1, 0.15) is 22.0 Å². The van der Waals surface area contributed by atoms with E-state index in [2.05, 4.69) is 4.98 Å². The molecule has 2 aromatic carbocycles. The number of halogens is 4. The second-order valence-electron chi connectivity index (χ2n) is 4.15. The van der Waals surface area contributed by atoms with Crippen molar-refractivity contribution in [2.24, 2.45) is 0 Å². The quantitative estimate of drug-likeness (QED) is 0.406. The van der Waals surface area contributed by atoms with Gasteiger partial charge in [-0.3, -0.25) is 0 Å². The van der Waals surface area contributed by atoms with Crippen molar-refractivity contribution >= 4 is 21.6 Å². The Morgan fingerprint density at radius 1 is 0.905 bits per heavy atom. The Hall–Kier alpha value is -2.35. The molecule has 0 aliphatic carbocycles. The lowest BCUT2D eigenvalue weighted by Crippen LogP contribution is -1.96. The molecule has 0 aliphatic heterocycles. The number of phenolic OH excluding ortho intramolecular Hbond substituents is 2. The van der Waals surface area contributed by atoms with Crippen molar-refractivity contribution in [2.75, 3.05) is 0 Å². The molecule has 2 N–H and O–H groups in total. The summed E-state index contributed by atoms with van der Waals surface area (Å²) in [5.41, 5.74) is -0.576. The van der Waals surface area contributed by atoms with Crippen LogP contribution in [0.15, 0.2) is 18.2 Å². The molecule has 0 bridgehead atoms. The normalized spacial score (nSPS) is 11.2. The molecule has 1 aromatic heterocycles. The number of thiazole rings is 1. The molecule has 0 unspecified atom stereocenters. The monoisotopic (exact) mass is 315 g/mol. The molecule has 3 nitrogen and oxygen atoms in total. The van der Waals surface area contributed by atoms with Gasteiger partial charge in [0, 0.05) is 6.07 Å². The summed E-state index contributed by atoms with van der Waals surface area (Å²) in [6, 6.07) is 3.51. The van der Waals surface area contributed by atoms with E-state index in [1.54, 1.807) is 0 Å². The van der Waals surface area contributed by atoms with Crippen LogP contribution < -0.4 is 0 Å². The molecule has 8 heteroatoms. The number of aromatic hydroxyl groups is 2. The van der Waals surface area contributed by atoms with Gasteiger partial charge in [0.2, 0.25) is 0 Å². The highest BCUT2D eigenvalue weighted by molar-refractivity contribution is 7.21. The second-order valence-corrected chi connectivity index (χ2v) is 5.15. The fourth-order valence-electron chi connectivity index (χ4n) is 1.83. The maximum absolute atomic E-state index is 13.6. The first-order valence-corrected chi connectivity index (χ1v) is 6.36. The van der Waals surface area contributed by atoms with Crippen LogP contribution in [0, 0.1) is 23.3 Å². The Balaban J connectivity index is 2.31. The molecule has 0 fully saturated rings. The molecular formula is C13H5F4NO2S. The summed E-state index contributed by atoms with van der Waals surface area (Å²) < 4.78 is 53.0. The fraction of sp³-hybridized carbons (Fsp3) is 0. The largest absolute Gasteiger partial charge is 0.508 e. The van der Waals surface area contributed by atoms with Crippen molar-refractivity contribution in [1.29, 1.82) is 0 Å². The van der Waals surface area contributed by atoms with Crippen LogP contribution in [0.5, 0.6) is 11.5 Å². The number of rotatable bonds is 1. The first-order valence-electron chi connectivity index (χ1n) is 5.55. The molecule has 0 atom stereocenters. The number of hydrogen-bond donors (Lipinski definition) is 2. The molecule has 0 saturated heterocycles. The van der Waals surface area contributed by atoms with Crippen molar-refractivity contribution < 1.29 is 27.8 Å². The molecule has 0 aliphatic rings. The molecule has 108 valence electrons. The Kier molecular flexibility index (Phi) is 2.98. The lowest BCUT2D eigenvalue weighted by molar-refractivity contribution is 0.418. The van der Waals surface area contributed by atoms with E-state index < -0.39 is 33.5 Å². The second kappa shape index (κ2) is 4.59. The zero-order chi connectivity index (χ0) is 15.3. The molecule has 0 radical (unpaired) electrons. The van der Waals surface area contributed by atoms with E-state index in [1.165, 1.54) is 12.1 Å². The van der Waals surface area contributed by atoms with Crippen LogP contribution in [-0.4, -0.2) is 15.2 Å². The van der Waals surface area contributed by atoms with E-state index in [0.29, 0.717) is 11.3 Å². The molecule has 0 spiro atoms. The van der Waals surface area contributed by atoms with Gasteiger partial charge in [-0.1, -0.05) is 0 Å². The maximum Gasteiger partial charge on any atom is 0.199 e. The van der Waals surface area contributed by atoms with Gasteiger partial charge in [0.15, 0.2) is 23.3 Å². The van der Waals surface area contributed by atoms with Crippen LogP contribution in [0.4, 0.5) is 17.6 Å². The number of benzene rings is 2. The van der Waals surface area contributed by atoms with E-state index in [4.69, 9.17) is 0 Å². The minimum absolute atomic E-state index is 0.0368. The van der Waals surface area contributed by atoms with Crippen LogP contribution in [0.3, 0.4) is 0 Å². The van der Waals surface area contributed by atoms with Crippen molar-refractivity contribution in [1.82, 2.24) is 4.98 Å². The van der Waals surface area contributed by atoms with E-state index in [9.17, 15) is 27.8 Å². The van der Waals surface area contributed by atoms with Gasteiger partial charge < -0.3 is 10.2 Å². The van der Waals surface area contributed by atoms with E-state index in [0.717, 1.165) is 6.07 Å². The lowest BCUT2D eigenvalue weighted by atomic mass is 10.2. The predicted molar refractivity (Wildman–Crippen MR) is 68.2 cm³/mol. The van der Waals surface area contributed by atoms with Crippen LogP contribution in [-0.2, 0) is 0 Å². The number of phenols is 2. The van der Waals surface area contributed by atoms with Crippen molar-refractivity contribution in [2.45, 2.75) is 0 Å². The summed E-state index contributed by atoms with van der Waals surface area (Å²) >= 11 is 0.560. The number of aromatic nitrogens is 1. The van der Waals surface area contributed by atoms with Gasteiger partial charge >= 0.3 is 0 Å². The number of nitrogens with zero attached hydrogens (tertiary/aromatic N) is 1. The molecule has 3 aromatic rings. The Labute approximate surface area is 118 Å².